The van der Waals surface area contributed by atoms with Crippen LogP contribution in [0.4, 0.5) is 0 Å². The van der Waals surface area contributed by atoms with Gasteiger partial charge in [-0.15, -0.1) is 0 Å². The fraction of sp³-hybridized carbons (Fsp3) is 0.417. The largest absolute Gasteiger partial charge is 0.486 e. The standard InChI is InChI=1S/C24H26ClNO4/c1-15-4-5-16(2)23(17(15)3)29-14-22(28)26-10-8-24(9-11-26)13-20(27)19-12-18(25)6-7-21(19)30-24/h4-7,12H,8-11,13-14H2,1-3H3. The van der Waals surface area contributed by atoms with Crippen LogP contribution in [-0.2, 0) is 4.79 Å². The number of hydrogen-bond acceptors (Lipinski definition) is 4. The molecule has 0 radical (unpaired) electrons. The van der Waals surface area contributed by atoms with Crippen molar-refractivity contribution in [1.82, 2.24) is 4.90 Å². The highest BCUT2D eigenvalue weighted by molar-refractivity contribution is 6.31. The van der Waals surface area contributed by atoms with Crippen molar-refractivity contribution in [2.75, 3.05) is 19.7 Å². The highest BCUT2D eigenvalue weighted by Gasteiger charge is 2.43. The fourth-order valence-electron chi connectivity index (χ4n) is 4.28. The van der Waals surface area contributed by atoms with Crippen molar-refractivity contribution in [3.8, 4) is 11.5 Å². The van der Waals surface area contributed by atoms with Crippen molar-refractivity contribution in [2.24, 2.45) is 0 Å². The molecule has 2 aliphatic heterocycles. The molecule has 5 nitrogen and oxygen atoms in total. The lowest BCUT2D eigenvalue weighted by Gasteiger charge is -2.43. The number of halogens is 1. The first-order valence-corrected chi connectivity index (χ1v) is 10.6. The normalized spacial score (nSPS) is 17.5. The molecule has 0 unspecified atom stereocenters. The highest BCUT2D eigenvalue weighted by Crippen LogP contribution is 2.40. The Morgan fingerprint density at radius 2 is 1.83 bits per heavy atom. The number of Topliss-reactive ketones (excluding diaryl/α,β-unsaturated/α-hetero) is 1. The van der Waals surface area contributed by atoms with Gasteiger partial charge in [0, 0.05) is 31.0 Å². The van der Waals surface area contributed by atoms with Gasteiger partial charge in [0.2, 0.25) is 0 Å². The molecular formula is C24H26ClNO4. The van der Waals surface area contributed by atoms with Gasteiger partial charge in [-0.3, -0.25) is 9.59 Å². The van der Waals surface area contributed by atoms with E-state index in [-0.39, 0.29) is 18.3 Å². The molecule has 4 rings (SSSR count). The van der Waals surface area contributed by atoms with E-state index in [9.17, 15) is 9.59 Å². The maximum absolute atomic E-state index is 12.7. The van der Waals surface area contributed by atoms with E-state index in [0.29, 0.717) is 48.7 Å². The third-order valence-corrected chi connectivity index (χ3v) is 6.53. The molecule has 158 valence electrons. The Morgan fingerprint density at radius 1 is 1.13 bits per heavy atom. The quantitative estimate of drug-likeness (QED) is 0.714. The number of piperidine rings is 1. The summed E-state index contributed by atoms with van der Waals surface area (Å²) in [5.74, 6) is 1.38. The molecule has 6 heteroatoms. The molecule has 0 saturated carbocycles. The molecule has 2 aromatic carbocycles. The van der Waals surface area contributed by atoms with E-state index >= 15 is 0 Å². The molecule has 2 aromatic rings. The molecule has 1 spiro atoms. The number of nitrogens with zero attached hydrogens (tertiary/aromatic N) is 1. The number of carbonyl (C=O) groups excluding carboxylic acids is 2. The Bertz CT molecular complexity index is 1010. The SMILES string of the molecule is Cc1ccc(C)c(OCC(=O)N2CCC3(CC2)CC(=O)c2cc(Cl)ccc2O3)c1C. The van der Waals surface area contributed by atoms with Crippen LogP contribution in [0.25, 0.3) is 0 Å². The molecule has 0 bridgehead atoms. The van der Waals surface area contributed by atoms with Gasteiger partial charge in [0.15, 0.2) is 12.4 Å². The van der Waals surface area contributed by atoms with Crippen LogP contribution in [0, 0.1) is 20.8 Å². The zero-order valence-corrected chi connectivity index (χ0v) is 18.3. The second-order valence-corrected chi connectivity index (χ2v) is 8.78. The van der Waals surface area contributed by atoms with Gasteiger partial charge < -0.3 is 14.4 Å². The van der Waals surface area contributed by atoms with Crippen LogP contribution >= 0.6 is 11.6 Å². The number of benzene rings is 2. The second kappa shape index (κ2) is 7.95. The fourth-order valence-corrected chi connectivity index (χ4v) is 4.45. The van der Waals surface area contributed by atoms with E-state index in [1.54, 1.807) is 23.1 Å². The Labute approximate surface area is 181 Å². The lowest BCUT2D eigenvalue weighted by atomic mass is 9.82. The highest BCUT2D eigenvalue weighted by atomic mass is 35.5. The third-order valence-electron chi connectivity index (χ3n) is 6.29. The van der Waals surface area contributed by atoms with Gasteiger partial charge in [-0.05, 0) is 55.7 Å². The number of ketones is 1. The molecular weight excluding hydrogens is 402 g/mol. The van der Waals surface area contributed by atoms with Crippen LogP contribution in [0.2, 0.25) is 5.02 Å². The van der Waals surface area contributed by atoms with Crippen molar-refractivity contribution in [2.45, 2.75) is 45.6 Å². The first-order chi connectivity index (χ1) is 14.3. The average Bonchev–Trinajstić information content (AvgIpc) is 2.72. The molecule has 30 heavy (non-hydrogen) atoms. The molecule has 2 heterocycles. The van der Waals surface area contributed by atoms with Gasteiger partial charge in [0.1, 0.15) is 17.1 Å². The number of likely N-dealkylation sites (tertiary alicyclic amines) is 1. The monoisotopic (exact) mass is 427 g/mol. The molecule has 0 aliphatic carbocycles. The molecule has 1 fully saturated rings. The van der Waals surface area contributed by atoms with Crippen molar-refractivity contribution in [3.05, 3.63) is 57.6 Å². The number of amides is 1. The minimum atomic E-state index is -0.542. The van der Waals surface area contributed by atoms with E-state index in [1.165, 1.54) is 0 Å². The number of carbonyl (C=O) groups is 2. The van der Waals surface area contributed by atoms with Gasteiger partial charge in [-0.2, -0.15) is 0 Å². The predicted molar refractivity (Wildman–Crippen MR) is 116 cm³/mol. The van der Waals surface area contributed by atoms with Crippen LogP contribution in [0.1, 0.15) is 46.3 Å². The van der Waals surface area contributed by atoms with Crippen molar-refractivity contribution >= 4 is 23.3 Å². The number of hydrogen-bond donors (Lipinski definition) is 0. The van der Waals surface area contributed by atoms with E-state index in [0.717, 1.165) is 22.4 Å². The Morgan fingerprint density at radius 3 is 2.57 bits per heavy atom. The average molecular weight is 428 g/mol. The van der Waals surface area contributed by atoms with Crippen LogP contribution < -0.4 is 9.47 Å². The zero-order valence-electron chi connectivity index (χ0n) is 17.6. The molecule has 1 amide bonds. The minimum absolute atomic E-state index is 0.0131. The molecule has 0 N–H and O–H groups in total. The van der Waals surface area contributed by atoms with Crippen LogP contribution in [0.3, 0.4) is 0 Å². The van der Waals surface area contributed by atoms with E-state index in [4.69, 9.17) is 21.1 Å². The van der Waals surface area contributed by atoms with Gasteiger partial charge >= 0.3 is 0 Å². The number of fused-ring (bicyclic) bond motifs is 1. The summed E-state index contributed by atoms with van der Waals surface area (Å²) in [5, 5.41) is 0.529. The van der Waals surface area contributed by atoms with E-state index in [2.05, 4.69) is 6.07 Å². The lowest BCUT2D eigenvalue weighted by molar-refractivity contribution is -0.136. The van der Waals surface area contributed by atoms with E-state index < -0.39 is 5.60 Å². The smallest absolute Gasteiger partial charge is 0.260 e. The van der Waals surface area contributed by atoms with Crippen LogP contribution in [0.5, 0.6) is 11.5 Å². The van der Waals surface area contributed by atoms with Gasteiger partial charge in [0.25, 0.3) is 5.91 Å². The van der Waals surface area contributed by atoms with Crippen molar-refractivity contribution in [1.29, 1.82) is 0 Å². The van der Waals surface area contributed by atoms with Crippen LogP contribution in [-0.4, -0.2) is 41.9 Å². The van der Waals surface area contributed by atoms with Crippen molar-refractivity contribution in [3.63, 3.8) is 0 Å². The summed E-state index contributed by atoms with van der Waals surface area (Å²) in [7, 11) is 0. The maximum Gasteiger partial charge on any atom is 0.260 e. The second-order valence-electron chi connectivity index (χ2n) is 8.35. The Hall–Kier alpha value is -2.53. The Kier molecular flexibility index (Phi) is 5.49. The van der Waals surface area contributed by atoms with Crippen LogP contribution in [0.15, 0.2) is 30.3 Å². The summed E-state index contributed by atoms with van der Waals surface area (Å²) in [6.45, 7) is 7.13. The summed E-state index contributed by atoms with van der Waals surface area (Å²) >= 11 is 6.01. The summed E-state index contributed by atoms with van der Waals surface area (Å²) in [5.41, 5.74) is 3.23. The molecule has 2 aliphatic rings. The summed E-state index contributed by atoms with van der Waals surface area (Å²) < 4.78 is 12.1. The summed E-state index contributed by atoms with van der Waals surface area (Å²) in [6, 6.07) is 9.22. The number of aryl methyl sites for hydroxylation is 2. The molecule has 0 aromatic heterocycles. The lowest BCUT2D eigenvalue weighted by Crippen LogP contribution is -2.53. The number of rotatable bonds is 3. The maximum atomic E-state index is 12.7. The first kappa shape index (κ1) is 20.7. The van der Waals surface area contributed by atoms with Crippen molar-refractivity contribution < 1.29 is 19.1 Å². The summed E-state index contributed by atoms with van der Waals surface area (Å²) in [6.07, 6.45) is 1.56. The first-order valence-electron chi connectivity index (χ1n) is 10.3. The topological polar surface area (TPSA) is 55.8 Å². The minimum Gasteiger partial charge on any atom is -0.486 e. The molecule has 1 saturated heterocycles. The third kappa shape index (κ3) is 3.91. The van der Waals surface area contributed by atoms with Gasteiger partial charge in [-0.1, -0.05) is 23.7 Å². The number of ether oxygens (including phenoxy) is 2. The van der Waals surface area contributed by atoms with E-state index in [1.807, 2.05) is 26.8 Å². The van der Waals surface area contributed by atoms with Gasteiger partial charge in [0.05, 0.1) is 12.0 Å². The van der Waals surface area contributed by atoms with Gasteiger partial charge in [-0.25, -0.2) is 0 Å². The zero-order chi connectivity index (χ0) is 21.5. The molecule has 0 atom stereocenters. The Balaban J connectivity index is 1.38. The predicted octanol–water partition coefficient (Wildman–Crippen LogP) is 4.67. The summed E-state index contributed by atoms with van der Waals surface area (Å²) in [4.78, 5) is 27.2.